The minimum atomic E-state index is -1.34. The molecule has 17 heteroatoms. The predicted molar refractivity (Wildman–Crippen MR) is 226 cm³/mol. The lowest BCUT2D eigenvalue weighted by atomic mass is 9.79. The summed E-state index contributed by atoms with van der Waals surface area (Å²) in [5, 5.41) is 12.3. The standard InChI is InChI=1S/C45H57F4N9O4/c1-23(50-3)42(59)54-38(25-7-5-8-25)44(61)56-20-29(48)15-31(56)19-34-33-13-11-27(46)17-35(33)52-40(34)41-53-36-18-28(47)12-14-37(36)58(41)22-32-16-30(49)21-57(32)45(62)39(26-9-6-10-26)55-43(60)24(2)51-4/h11-14,17-18,23-26,29-32,38-39,50-52H,5-10,15-16,19-22H2,1-4H3,(H,54,59)(H,55,60)/t23-,24-,29-,30-,31-,32-,38?,39?/m0/s1. The van der Waals surface area contributed by atoms with Gasteiger partial charge in [-0.05, 0) is 108 Å². The van der Waals surface area contributed by atoms with Crippen LogP contribution in [0.2, 0.25) is 0 Å². The van der Waals surface area contributed by atoms with Crippen molar-refractivity contribution in [3.05, 3.63) is 53.6 Å². The molecule has 4 fully saturated rings. The van der Waals surface area contributed by atoms with Crippen LogP contribution < -0.4 is 21.3 Å². The molecule has 2 aromatic carbocycles. The highest BCUT2D eigenvalue weighted by atomic mass is 19.1. The molecule has 2 unspecified atom stereocenters. The Morgan fingerprint density at radius 2 is 1.31 bits per heavy atom. The van der Waals surface area contributed by atoms with Gasteiger partial charge in [-0.2, -0.15) is 0 Å². The van der Waals surface area contributed by atoms with Crippen LogP contribution in [0.3, 0.4) is 0 Å². The van der Waals surface area contributed by atoms with Crippen LogP contribution in [0.15, 0.2) is 36.4 Å². The molecular formula is C45H57F4N9O4. The molecule has 4 aliphatic rings. The Labute approximate surface area is 358 Å². The lowest BCUT2D eigenvalue weighted by molar-refractivity contribution is -0.140. The molecule has 4 aromatic rings. The Kier molecular flexibility index (Phi) is 12.7. The second-order valence-corrected chi connectivity index (χ2v) is 17.9. The van der Waals surface area contributed by atoms with Crippen LogP contribution in [0.4, 0.5) is 17.6 Å². The first-order chi connectivity index (χ1) is 29.7. The fraction of sp³-hybridized carbons (Fsp3) is 0.578. The Hall–Kier alpha value is -5.03. The van der Waals surface area contributed by atoms with Gasteiger partial charge in [-0.3, -0.25) is 19.2 Å². The van der Waals surface area contributed by atoms with Gasteiger partial charge in [-0.1, -0.05) is 12.8 Å². The van der Waals surface area contributed by atoms with Gasteiger partial charge in [0.25, 0.3) is 0 Å². The van der Waals surface area contributed by atoms with E-state index in [0.717, 1.165) is 38.5 Å². The zero-order valence-electron chi connectivity index (χ0n) is 35.7. The first-order valence-corrected chi connectivity index (χ1v) is 22.0. The van der Waals surface area contributed by atoms with Gasteiger partial charge >= 0.3 is 0 Å². The van der Waals surface area contributed by atoms with Crippen molar-refractivity contribution in [3.63, 3.8) is 0 Å². The summed E-state index contributed by atoms with van der Waals surface area (Å²) in [6.45, 7) is 3.14. The van der Waals surface area contributed by atoms with E-state index < -0.39 is 60.2 Å². The fourth-order valence-corrected chi connectivity index (χ4v) is 9.67. The maximum Gasteiger partial charge on any atom is 0.245 e. The number of hydrogen-bond donors (Lipinski definition) is 5. The number of amides is 4. The van der Waals surface area contributed by atoms with Gasteiger partial charge < -0.3 is 40.6 Å². The van der Waals surface area contributed by atoms with E-state index in [2.05, 4.69) is 26.3 Å². The molecule has 2 saturated carbocycles. The summed E-state index contributed by atoms with van der Waals surface area (Å²) in [5.41, 5.74) is 2.27. The first-order valence-electron chi connectivity index (χ1n) is 22.0. The molecule has 8 rings (SSSR count). The normalized spacial score (nSPS) is 23.9. The second-order valence-electron chi connectivity index (χ2n) is 17.9. The molecule has 2 saturated heterocycles. The average Bonchev–Trinajstić information content (AvgIpc) is 3.96. The van der Waals surface area contributed by atoms with E-state index in [1.165, 1.54) is 34.1 Å². The molecule has 334 valence electrons. The highest BCUT2D eigenvalue weighted by Gasteiger charge is 2.45. The smallest absolute Gasteiger partial charge is 0.245 e. The summed E-state index contributed by atoms with van der Waals surface area (Å²) in [5.74, 6) is -2.25. The highest BCUT2D eigenvalue weighted by Crippen LogP contribution is 2.39. The Bertz CT molecular complexity index is 2170. The van der Waals surface area contributed by atoms with Crippen LogP contribution in [0, 0.1) is 23.5 Å². The molecule has 4 heterocycles. The van der Waals surface area contributed by atoms with Crippen molar-refractivity contribution in [2.45, 2.75) is 127 Å². The fourth-order valence-electron chi connectivity index (χ4n) is 9.67. The average molecular weight is 864 g/mol. The van der Waals surface area contributed by atoms with Crippen molar-refractivity contribution >= 4 is 45.6 Å². The highest BCUT2D eigenvalue weighted by molar-refractivity contribution is 5.93. The number of halogens is 4. The number of fused-ring (bicyclic) bond motifs is 2. The summed E-state index contributed by atoms with van der Waals surface area (Å²) in [4.78, 5) is 66.3. The second kappa shape index (κ2) is 18.0. The molecule has 2 aromatic heterocycles. The monoisotopic (exact) mass is 863 g/mol. The minimum absolute atomic E-state index is 0.0118. The number of carbonyl (C=O) groups excluding carboxylic acids is 4. The van der Waals surface area contributed by atoms with Crippen LogP contribution >= 0.6 is 0 Å². The summed E-state index contributed by atoms with van der Waals surface area (Å²) < 4.78 is 62.7. The van der Waals surface area contributed by atoms with Crippen molar-refractivity contribution in [3.8, 4) is 11.5 Å². The van der Waals surface area contributed by atoms with Gasteiger partial charge in [0.05, 0.1) is 47.9 Å². The van der Waals surface area contributed by atoms with Gasteiger partial charge in [0, 0.05) is 42.4 Å². The molecule has 0 bridgehead atoms. The van der Waals surface area contributed by atoms with Crippen molar-refractivity contribution in [1.29, 1.82) is 0 Å². The molecule has 0 radical (unpaired) electrons. The van der Waals surface area contributed by atoms with Gasteiger partial charge in [-0.25, -0.2) is 22.5 Å². The lowest BCUT2D eigenvalue weighted by Crippen LogP contribution is -2.57. The SMILES string of the molecule is CN[C@@H](C)C(=O)NC(C(=O)N1C[C@@H](F)C[C@H]1Cc1c(-c2nc3cc(F)ccc3n2C[C@@H]2C[C@H](F)CN2C(=O)C(NC(=O)[C@H](C)NC)C2CCC2)[nH]c2cc(F)ccc12)C1CCC1. The minimum Gasteiger partial charge on any atom is -0.352 e. The van der Waals surface area contributed by atoms with Gasteiger partial charge in [0.2, 0.25) is 23.6 Å². The van der Waals surface area contributed by atoms with Crippen molar-refractivity contribution in [2.24, 2.45) is 11.8 Å². The molecule has 62 heavy (non-hydrogen) atoms. The molecule has 2 aliphatic carbocycles. The Balaban J connectivity index is 1.16. The third-order valence-electron chi connectivity index (χ3n) is 14.0. The number of rotatable bonds is 15. The lowest BCUT2D eigenvalue weighted by Gasteiger charge is -2.37. The number of benzene rings is 2. The number of imidazole rings is 1. The van der Waals surface area contributed by atoms with Crippen LogP contribution in [-0.4, -0.2) is 124 Å². The Morgan fingerprint density at radius 1 is 0.774 bits per heavy atom. The maximum absolute atomic E-state index is 15.6. The van der Waals surface area contributed by atoms with Crippen molar-refractivity contribution in [1.82, 2.24) is 45.6 Å². The number of aromatic amines is 1. The van der Waals surface area contributed by atoms with Crippen LogP contribution in [-0.2, 0) is 32.1 Å². The number of nitrogens with one attached hydrogen (secondary N) is 5. The van der Waals surface area contributed by atoms with E-state index in [1.807, 2.05) is 4.57 Å². The number of alkyl halides is 2. The van der Waals surface area contributed by atoms with Gasteiger partial charge in [0.15, 0.2) is 5.82 Å². The zero-order chi connectivity index (χ0) is 44.0. The third kappa shape index (κ3) is 8.53. The number of hydrogen-bond acceptors (Lipinski definition) is 7. The topological polar surface area (TPSA) is 156 Å². The summed E-state index contributed by atoms with van der Waals surface area (Å²) in [7, 11) is 3.31. The van der Waals surface area contributed by atoms with Crippen molar-refractivity contribution in [2.75, 3.05) is 27.2 Å². The number of likely N-dealkylation sites (N-methyl/N-ethyl adjacent to an activating group) is 2. The van der Waals surface area contributed by atoms with Crippen molar-refractivity contribution < 1.29 is 36.7 Å². The number of likely N-dealkylation sites (tertiary alicyclic amines) is 2. The maximum atomic E-state index is 15.6. The molecule has 5 N–H and O–H groups in total. The van der Waals surface area contributed by atoms with E-state index in [0.29, 0.717) is 39.0 Å². The number of H-pyrrole nitrogens is 1. The van der Waals surface area contributed by atoms with E-state index in [9.17, 15) is 28.0 Å². The molecular weight excluding hydrogens is 807 g/mol. The molecule has 0 spiro atoms. The number of nitrogens with zero attached hydrogens (tertiary/aromatic N) is 4. The summed E-state index contributed by atoms with van der Waals surface area (Å²) in [6.07, 6.45) is 2.39. The van der Waals surface area contributed by atoms with E-state index in [-0.39, 0.29) is 74.4 Å². The van der Waals surface area contributed by atoms with Crippen LogP contribution in [0.25, 0.3) is 33.5 Å². The van der Waals surface area contributed by atoms with E-state index in [1.54, 1.807) is 40.1 Å². The van der Waals surface area contributed by atoms with E-state index >= 15 is 8.78 Å². The molecule has 4 amide bonds. The first kappa shape index (κ1) is 43.6. The summed E-state index contributed by atoms with van der Waals surface area (Å²) in [6, 6.07) is 4.37. The van der Waals surface area contributed by atoms with Crippen LogP contribution in [0.5, 0.6) is 0 Å². The Morgan fingerprint density at radius 3 is 1.85 bits per heavy atom. The van der Waals surface area contributed by atoms with Gasteiger partial charge in [0.1, 0.15) is 36.1 Å². The molecule has 13 nitrogen and oxygen atoms in total. The van der Waals surface area contributed by atoms with E-state index in [4.69, 9.17) is 4.98 Å². The largest absolute Gasteiger partial charge is 0.352 e. The third-order valence-corrected chi connectivity index (χ3v) is 14.0. The molecule has 8 atom stereocenters. The zero-order valence-corrected chi connectivity index (χ0v) is 35.7. The summed E-state index contributed by atoms with van der Waals surface area (Å²) >= 11 is 0. The molecule has 2 aliphatic heterocycles. The van der Waals surface area contributed by atoms with Gasteiger partial charge in [-0.15, -0.1) is 0 Å². The predicted octanol–water partition coefficient (Wildman–Crippen LogP) is 4.67. The number of carbonyl (C=O) groups is 4. The quantitative estimate of drug-likeness (QED) is 0.109. The number of aromatic nitrogens is 3. The van der Waals surface area contributed by atoms with Crippen LogP contribution in [0.1, 0.15) is 70.8 Å².